The first-order chi connectivity index (χ1) is 8.92. The second kappa shape index (κ2) is 6.86. The Labute approximate surface area is 114 Å². The SMILES string of the molecule is CCC(C)(CN)C(=O)N1CCCN(CC(=O)O)CC1. The number of carbonyl (C=O) groups excluding carboxylic acids is 1. The van der Waals surface area contributed by atoms with Crippen molar-refractivity contribution in [3.8, 4) is 0 Å². The van der Waals surface area contributed by atoms with Crippen LogP contribution in [0.3, 0.4) is 0 Å². The first kappa shape index (κ1) is 15.9. The van der Waals surface area contributed by atoms with Crippen molar-refractivity contribution in [3.05, 3.63) is 0 Å². The van der Waals surface area contributed by atoms with Gasteiger partial charge in [0, 0.05) is 32.7 Å². The maximum Gasteiger partial charge on any atom is 0.317 e. The third-order valence-electron chi connectivity index (χ3n) is 3.98. The summed E-state index contributed by atoms with van der Waals surface area (Å²) < 4.78 is 0. The molecule has 0 aromatic heterocycles. The standard InChI is InChI=1S/C13H25N3O3/c1-3-13(2,10-14)12(19)16-6-4-5-15(7-8-16)9-11(17)18/h3-10,14H2,1-2H3,(H,17,18). The number of nitrogens with two attached hydrogens (primary N) is 1. The highest BCUT2D eigenvalue weighted by Crippen LogP contribution is 2.23. The fourth-order valence-corrected chi connectivity index (χ4v) is 2.29. The molecule has 110 valence electrons. The Morgan fingerprint density at radius 2 is 1.95 bits per heavy atom. The second-order valence-electron chi connectivity index (χ2n) is 5.43. The lowest BCUT2D eigenvalue weighted by Gasteiger charge is -2.32. The normalized spacial score (nSPS) is 20.7. The van der Waals surface area contributed by atoms with E-state index in [0.717, 1.165) is 19.4 Å². The molecule has 1 rings (SSSR count). The zero-order valence-corrected chi connectivity index (χ0v) is 11.9. The molecule has 0 saturated carbocycles. The number of carbonyl (C=O) groups is 2. The van der Waals surface area contributed by atoms with Gasteiger partial charge in [0.2, 0.25) is 5.91 Å². The van der Waals surface area contributed by atoms with E-state index in [-0.39, 0.29) is 12.5 Å². The Balaban J connectivity index is 2.62. The molecule has 1 saturated heterocycles. The largest absolute Gasteiger partial charge is 0.480 e. The highest BCUT2D eigenvalue weighted by Gasteiger charge is 2.34. The number of rotatable bonds is 5. The van der Waals surface area contributed by atoms with E-state index in [1.54, 1.807) is 0 Å². The predicted molar refractivity (Wildman–Crippen MR) is 72.7 cm³/mol. The van der Waals surface area contributed by atoms with E-state index in [9.17, 15) is 9.59 Å². The van der Waals surface area contributed by atoms with Gasteiger partial charge in [0.25, 0.3) is 0 Å². The van der Waals surface area contributed by atoms with Gasteiger partial charge in [-0.15, -0.1) is 0 Å². The smallest absolute Gasteiger partial charge is 0.317 e. The number of hydrogen-bond donors (Lipinski definition) is 2. The van der Waals surface area contributed by atoms with Gasteiger partial charge in [0.15, 0.2) is 0 Å². The van der Waals surface area contributed by atoms with E-state index < -0.39 is 11.4 Å². The number of aliphatic carboxylic acids is 1. The summed E-state index contributed by atoms with van der Waals surface area (Å²) in [6, 6.07) is 0. The first-order valence-electron chi connectivity index (χ1n) is 6.86. The molecule has 1 aliphatic heterocycles. The van der Waals surface area contributed by atoms with Gasteiger partial charge in [0.05, 0.1) is 12.0 Å². The highest BCUT2D eigenvalue weighted by molar-refractivity contribution is 5.82. The maximum absolute atomic E-state index is 12.5. The molecule has 19 heavy (non-hydrogen) atoms. The van der Waals surface area contributed by atoms with E-state index in [2.05, 4.69) is 0 Å². The lowest BCUT2D eigenvalue weighted by Crippen LogP contribution is -2.47. The Bertz CT molecular complexity index is 329. The lowest BCUT2D eigenvalue weighted by molar-refractivity contribution is -0.140. The average Bonchev–Trinajstić information content (AvgIpc) is 2.62. The van der Waals surface area contributed by atoms with E-state index >= 15 is 0 Å². The van der Waals surface area contributed by atoms with E-state index in [0.29, 0.717) is 26.2 Å². The van der Waals surface area contributed by atoms with Gasteiger partial charge in [0.1, 0.15) is 0 Å². The number of hydrogen-bond acceptors (Lipinski definition) is 4. The van der Waals surface area contributed by atoms with Crippen LogP contribution in [0.4, 0.5) is 0 Å². The quantitative estimate of drug-likeness (QED) is 0.734. The Morgan fingerprint density at radius 3 is 2.47 bits per heavy atom. The zero-order chi connectivity index (χ0) is 14.5. The Hall–Kier alpha value is -1.14. The molecular formula is C13H25N3O3. The molecule has 1 fully saturated rings. The Kier molecular flexibility index (Phi) is 5.75. The second-order valence-corrected chi connectivity index (χ2v) is 5.43. The predicted octanol–water partition coefficient (Wildman–Crippen LogP) is -0.0197. The van der Waals surface area contributed by atoms with Crippen LogP contribution in [0.5, 0.6) is 0 Å². The molecule has 0 aromatic carbocycles. The molecular weight excluding hydrogens is 246 g/mol. The van der Waals surface area contributed by atoms with Crippen molar-refractivity contribution >= 4 is 11.9 Å². The molecule has 0 radical (unpaired) electrons. The molecule has 1 amide bonds. The molecule has 1 unspecified atom stereocenters. The minimum atomic E-state index is -0.819. The maximum atomic E-state index is 12.5. The van der Waals surface area contributed by atoms with Crippen LogP contribution in [0, 0.1) is 5.41 Å². The molecule has 6 nitrogen and oxygen atoms in total. The third kappa shape index (κ3) is 4.18. The van der Waals surface area contributed by atoms with E-state index in [1.165, 1.54) is 0 Å². The molecule has 0 spiro atoms. The Morgan fingerprint density at radius 1 is 1.26 bits per heavy atom. The third-order valence-corrected chi connectivity index (χ3v) is 3.98. The van der Waals surface area contributed by atoms with Crippen molar-refractivity contribution in [2.24, 2.45) is 11.1 Å². The topological polar surface area (TPSA) is 86.9 Å². The average molecular weight is 271 g/mol. The fourth-order valence-electron chi connectivity index (χ4n) is 2.29. The molecule has 6 heteroatoms. The van der Waals surface area contributed by atoms with Crippen LogP contribution in [0.2, 0.25) is 0 Å². The van der Waals surface area contributed by atoms with Crippen LogP contribution in [0.1, 0.15) is 26.7 Å². The number of amides is 1. The summed E-state index contributed by atoms with van der Waals surface area (Å²) in [4.78, 5) is 26.9. The number of carboxylic acid groups (broad SMARTS) is 1. The van der Waals surface area contributed by atoms with Crippen LogP contribution in [0.25, 0.3) is 0 Å². The summed E-state index contributed by atoms with van der Waals surface area (Å²) >= 11 is 0. The fraction of sp³-hybridized carbons (Fsp3) is 0.846. The molecule has 1 aliphatic rings. The monoisotopic (exact) mass is 271 g/mol. The van der Waals surface area contributed by atoms with Gasteiger partial charge in [-0.3, -0.25) is 14.5 Å². The van der Waals surface area contributed by atoms with Crippen molar-refractivity contribution < 1.29 is 14.7 Å². The van der Waals surface area contributed by atoms with Gasteiger partial charge < -0.3 is 15.7 Å². The summed E-state index contributed by atoms with van der Waals surface area (Å²) in [6.45, 7) is 6.87. The van der Waals surface area contributed by atoms with Crippen LogP contribution in [0.15, 0.2) is 0 Å². The van der Waals surface area contributed by atoms with Crippen LogP contribution in [-0.2, 0) is 9.59 Å². The van der Waals surface area contributed by atoms with Gasteiger partial charge >= 0.3 is 5.97 Å². The van der Waals surface area contributed by atoms with Crippen molar-refractivity contribution in [2.45, 2.75) is 26.7 Å². The van der Waals surface area contributed by atoms with E-state index in [4.69, 9.17) is 10.8 Å². The molecule has 0 bridgehead atoms. The van der Waals surface area contributed by atoms with Crippen LogP contribution < -0.4 is 5.73 Å². The molecule has 1 atom stereocenters. The highest BCUT2D eigenvalue weighted by atomic mass is 16.4. The van der Waals surface area contributed by atoms with Crippen molar-refractivity contribution in [1.82, 2.24) is 9.80 Å². The van der Waals surface area contributed by atoms with Crippen molar-refractivity contribution in [3.63, 3.8) is 0 Å². The minimum absolute atomic E-state index is 0.0456. The molecule has 0 aliphatic carbocycles. The zero-order valence-electron chi connectivity index (χ0n) is 11.9. The molecule has 0 aromatic rings. The van der Waals surface area contributed by atoms with Crippen molar-refractivity contribution in [2.75, 3.05) is 39.3 Å². The summed E-state index contributed by atoms with van der Waals surface area (Å²) in [7, 11) is 0. The van der Waals surface area contributed by atoms with Gasteiger partial charge in [-0.1, -0.05) is 6.92 Å². The van der Waals surface area contributed by atoms with Crippen molar-refractivity contribution in [1.29, 1.82) is 0 Å². The van der Waals surface area contributed by atoms with Crippen LogP contribution in [-0.4, -0.2) is 66.1 Å². The van der Waals surface area contributed by atoms with Gasteiger partial charge in [-0.25, -0.2) is 0 Å². The minimum Gasteiger partial charge on any atom is -0.480 e. The summed E-state index contributed by atoms with van der Waals surface area (Å²) in [5, 5.41) is 8.80. The summed E-state index contributed by atoms with van der Waals surface area (Å²) in [6.07, 6.45) is 1.53. The van der Waals surface area contributed by atoms with Gasteiger partial charge in [-0.05, 0) is 19.8 Å². The molecule has 1 heterocycles. The first-order valence-corrected chi connectivity index (χ1v) is 6.86. The van der Waals surface area contributed by atoms with Crippen LogP contribution >= 0.6 is 0 Å². The molecule has 3 N–H and O–H groups in total. The summed E-state index contributed by atoms with van der Waals surface area (Å²) in [5.41, 5.74) is 5.22. The number of carboxylic acids is 1. The van der Waals surface area contributed by atoms with Gasteiger partial charge in [-0.2, -0.15) is 0 Å². The number of nitrogens with zero attached hydrogens (tertiary/aromatic N) is 2. The lowest BCUT2D eigenvalue weighted by atomic mass is 9.86. The van der Waals surface area contributed by atoms with E-state index in [1.807, 2.05) is 23.6 Å². The summed E-state index contributed by atoms with van der Waals surface area (Å²) in [5.74, 6) is -0.727.